The van der Waals surface area contributed by atoms with Crippen LogP contribution in [0.4, 0.5) is 5.69 Å². The summed E-state index contributed by atoms with van der Waals surface area (Å²) in [6.45, 7) is 0. The molecule has 0 saturated heterocycles. The second-order valence-electron chi connectivity index (χ2n) is 6.53. The lowest BCUT2D eigenvalue weighted by Gasteiger charge is -2.21. The van der Waals surface area contributed by atoms with Gasteiger partial charge in [-0.05, 0) is 71.8 Å². The number of ether oxygens (including phenoxy) is 1. The molecule has 3 aromatic rings. The Morgan fingerprint density at radius 1 is 0.931 bits per heavy atom. The van der Waals surface area contributed by atoms with E-state index >= 15 is 0 Å². The molecule has 0 aliphatic carbocycles. The van der Waals surface area contributed by atoms with Crippen LogP contribution < -0.4 is 9.64 Å². The average molecular weight is 467 g/mol. The van der Waals surface area contributed by atoms with Crippen molar-refractivity contribution in [3.63, 3.8) is 0 Å². The van der Waals surface area contributed by atoms with Crippen LogP contribution in [-0.4, -0.2) is 13.0 Å². The topological polar surface area (TPSA) is 29.5 Å². The summed E-state index contributed by atoms with van der Waals surface area (Å²) >= 11 is 9.50. The van der Waals surface area contributed by atoms with E-state index < -0.39 is 0 Å². The van der Waals surface area contributed by atoms with Gasteiger partial charge in [-0.15, -0.1) is 0 Å². The molecular weight excluding hydrogens is 450 g/mol. The Morgan fingerprint density at radius 2 is 1.59 bits per heavy atom. The van der Waals surface area contributed by atoms with E-state index in [4.69, 9.17) is 16.3 Å². The van der Waals surface area contributed by atoms with E-state index in [-0.39, 0.29) is 5.91 Å². The summed E-state index contributed by atoms with van der Waals surface area (Å²) in [5.74, 6) is 0.701. The lowest BCUT2D eigenvalue weighted by molar-refractivity contribution is -0.113. The summed E-state index contributed by atoms with van der Waals surface area (Å²) in [7, 11) is 1.63. The Kier molecular flexibility index (Phi) is 5.56. The Labute approximate surface area is 183 Å². The van der Waals surface area contributed by atoms with Gasteiger partial charge >= 0.3 is 0 Å². The summed E-state index contributed by atoms with van der Waals surface area (Å²) in [6, 6.07) is 22.8. The Balaban J connectivity index is 1.78. The quantitative estimate of drug-likeness (QED) is 0.406. The third kappa shape index (κ3) is 4.14. The van der Waals surface area contributed by atoms with Crippen LogP contribution in [0, 0.1) is 0 Å². The largest absolute Gasteiger partial charge is 0.497 e. The van der Waals surface area contributed by atoms with Gasteiger partial charge in [0.1, 0.15) is 5.75 Å². The fourth-order valence-electron chi connectivity index (χ4n) is 3.17. The van der Waals surface area contributed by atoms with Crippen molar-refractivity contribution in [2.24, 2.45) is 0 Å². The molecule has 1 aliphatic rings. The molecule has 4 rings (SSSR count). The van der Waals surface area contributed by atoms with E-state index in [1.165, 1.54) is 0 Å². The maximum absolute atomic E-state index is 13.3. The summed E-state index contributed by atoms with van der Waals surface area (Å²) < 4.78 is 6.16. The number of nitrogens with zero attached hydrogens (tertiary/aromatic N) is 1. The third-order valence-electron chi connectivity index (χ3n) is 4.65. The van der Waals surface area contributed by atoms with Gasteiger partial charge in [-0.2, -0.15) is 0 Å². The van der Waals surface area contributed by atoms with Crippen molar-refractivity contribution in [1.29, 1.82) is 0 Å². The van der Waals surface area contributed by atoms with Gasteiger partial charge in [0.15, 0.2) is 0 Å². The van der Waals surface area contributed by atoms with Crippen LogP contribution in [-0.2, 0) is 4.79 Å². The molecule has 1 amide bonds. The predicted octanol–water partition coefficient (Wildman–Crippen LogP) is 6.58. The van der Waals surface area contributed by atoms with Gasteiger partial charge in [-0.25, -0.2) is 0 Å². The normalized spacial score (nSPS) is 15.0. The number of amides is 1. The van der Waals surface area contributed by atoms with E-state index in [0.717, 1.165) is 32.7 Å². The molecule has 3 aromatic carbocycles. The van der Waals surface area contributed by atoms with Crippen molar-refractivity contribution < 1.29 is 9.53 Å². The van der Waals surface area contributed by atoms with Gasteiger partial charge in [0, 0.05) is 20.8 Å². The molecule has 0 radical (unpaired) electrons. The minimum atomic E-state index is -0.0758. The number of anilines is 1. The highest BCUT2D eigenvalue weighted by atomic mass is 79.9. The molecule has 0 spiro atoms. The van der Waals surface area contributed by atoms with Gasteiger partial charge in [0.05, 0.1) is 12.8 Å². The monoisotopic (exact) mass is 465 g/mol. The van der Waals surface area contributed by atoms with Gasteiger partial charge < -0.3 is 4.74 Å². The van der Waals surface area contributed by atoms with Crippen molar-refractivity contribution in [2.45, 2.75) is 0 Å². The molecule has 0 bridgehead atoms. The number of carbonyl (C=O) groups excluding carboxylic acids is 1. The SMILES string of the molecule is COc1ccc(/C=C2/C=C(c3ccc(Cl)cc3)N(c3ccc(Br)cc3)C2=O)cc1. The van der Waals surface area contributed by atoms with E-state index in [2.05, 4.69) is 15.9 Å². The first-order chi connectivity index (χ1) is 14.0. The summed E-state index contributed by atoms with van der Waals surface area (Å²) in [5, 5.41) is 0.655. The van der Waals surface area contributed by atoms with E-state index in [9.17, 15) is 4.79 Å². The lowest BCUT2D eigenvalue weighted by Crippen LogP contribution is -2.24. The fourth-order valence-corrected chi connectivity index (χ4v) is 3.57. The van der Waals surface area contributed by atoms with E-state index in [0.29, 0.717) is 10.6 Å². The van der Waals surface area contributed by atoms with Crippen molar-refractivity contribution in [3.05, 3.63) is 105 Å². The lowest BCUT2D eigenvalue weighted by atomic mass is 10.1. The second kappa shape index (κ2) is 8.27. The van der Waals surface area contributed by atoms with Crippen LogP contribution in [0.2, 0.25) is 5.02 Å². The molecule has 3 nitrogen and oxygen atoms in total. The molecule has 1 heterocycles. The highest BCUT2D eigenvalue weighted by molar-refractivity contribution is 9.10. The summed E-state index contributed by atoms with van der Waals surface area (Å²) in [4.78, 5) is 15.0. The zero-order chi connectivity index (χ0) is 20.4. The number of hydrogen-bond donors (Lipinski definition) is 0. The van der Waals surface area contributed by atoms with Gasteiger partial charge in [-0.3, -0.25) is 9.69 Å². The predicted molar refractivity (Wildman–Crippen MR) is 122 cm³/mol. The van der Waals surface area contributed by atoms with Crippen LogP contribution in [0.3, 0.4) is 0 Å². The Bertz CT molecular complexity index is 1100. The number of benzene rings is 3. The molecular formula is C24H17BrClNO2. The van der Waals surface area contributed by atoms with Crippen LogP contribution >= 0.6 is 27.5 Å². The van der Waals surface area contributed by atoms with Crippen LogP contribution in [0.5, 0.6) is 5.75 Å². The summed E-state index contributed by atoms with van der Waals surface area (Å²) in [5.41, 5.74) is 4.08. The van der Waals surface area contributed by atoms with Gasteiger partial charge in [-0.1, -0.05) is 51.8 Å². The van der Waals surface area contributed by atoms with Crippen molar-refractivity contribution >= 4 is 50.9 Å². The van der Waals surface area contributed by atoms with Crippen LogP contribution in [0.25, 0.3) is 11.8 Å². The number of carbonyl (C=O) groups is 1. The number of methoxy groups -OCH3 is 1. The number of halogens is 2. The Hall–Kier alpha value is -2.82. The minimum absolute atomic E-state index is 0.0758. The molecule has 144 valence electrons. The molecule has 0 fully saturated rings. The van der Waals surface area contributed by atoms with Gasteiger partial charge in [0.25, 0.3) is 5.91 Å². The number of hydrogen-bond acceptors (Lipinski definition) is 2. The molecule has 0 N–H and O–H groups in total. The molecule has 0 unspecified atom stereocenters. The maximum Gasteiger partial charge on any atom is 0.262 e. The van der Waals surface area contributed by atoms with E-state index in [1.807, 2.05) is 84.9 Å². The first-order valence-electron chi connectivity index (χ1n) is 8.98. The molecule has 29 heavy (non-hydrogen) atoms. The maximum atomic E-state index is 13.3. The van der Waals surface area contributed by atoms with Crippen LogP contribution in [0.15, 0.2) is 88.9 Å². The second-order valence-corrected chi connectivity index (χ2v) is 7.88. The van der Waals surface area contributed by atoms with E-state index in [1.54, 1.807) is 12.0 Å². The zero-order valence-electron chi connectivity index (χ0n) is 15.6. The Morgan fingerprint density at radius 3 is 2.21 bits per heavy atom. The average Bonchev–Trinajstić information content (AvgIpc) is 3.06. The van der Waals surface area contributed by atoms with Crippen LogP contribution in [0.1, 0.15) is 11.1 Å². The molecule has 0 atom stereocenters. The number of rotatable bonds is 4. The minimum Gasteiger partial charge on any atom is -0.497 e. The smallest absolute Gasteiger partial charge is 0.262 e. The molecule has 0 aromatic heterocycles. The van der Waals surface area contributed by atoms with Crippen molar-refractivity contribution in [3.8, 4) is 5.75 Å². The molecule has 0 saturated carbocycles. The highest BCUT2D eigenvalue weighted by Crippen LogP contribution is 2.36. The first kappa shape index (κ1) is 19.5. The van der Waals surface area contributed by atoms with Gasteiger partial charge in [0.2, 0.25) is 0 Å². The molecule has 5 heteroatoms. The standard InChI is InChI=1S/C24H17BrClNO2/c1-29-22-12-2-16(3-13-22)14-18-15-23(17-4-8-20(26)9-5-17)27(24(18)28)21-10-6-19(25)7-11-21/h2-15H,1H3/b18-14-. The summed E-state index contributed by atoms with van der Waals surface area (Å²) in [6.07, 6.45) is 3.80. The van der Waals surface area contributed by atoms with Crippen molar-refractivity contribution in [2.75, 3.05) is 12.0 Å². The van der Waals surface area contributed by atoms with Crippen molar-refractivity contribution in [1.82, 2.24) is 0 Å². The zero-order valence-corrected chi connectivity index (χ0v) is 17.9. The highest BCUT2D eigenvalue weighted by Gasteiger charge is 2.30. The third-order valence-corrected chi connectivity index (χ3v) is 5.43. The first-order valence-corrected chi connectivity index (χ1v) is 10.2. The fraction of sp³-hybridized carbons (Fsp3) is 0.0417. The molecule has 1 aliphatic heterocycles.